The molecular weight excluding hydrogens is 316 g/mol. The van der Waals surface area contributed by atoms with Gasteiger partial charge in [-0.25, -0.2) is 15.0 Å². The number of amides is 1. The molecule has 1 amide bonds. The zero-order valence-electron chi connectivity index (χ0n) is 14.3. The van der Waals surface area contributed by atoms with Crippen molar-refractivity contribution in [3.63, 3.8) is 0 Å². The smallest absolute Gasteiger partial charge is 0.229 e. The minimum absolute atomic E-state index is 0.174. The molecule has 1 aromatic carbocycles. The van der Waals surface area contributed by atoms with Crippen molar-refractivity contribution in [3.8, 4) is 11.3 Å². The van der Waals surface area contributed by atoms with E-state index in [0.29, 0.717) is 29.9 Å². The highest BCUT2D eigenvalue weighted by Gasteiger charge is 2.10. The lowest BCUT2D eigenvalue weighted by molar-refractivity contribution is -0.116. The fourth-order valence-electron chi connectivity index (χ4n) is 2.36. The number of hydrogen-bond donors (Lipinski definition) is 1. The maximum Gasteiger partial charge on any atom is 0.229 e. The quantitative estimate of drug-likeness (QED) is 0.740. The SMILES string of the molecule is CC(C)c1ccc(-c2cnc(CCC(=O)Nc3ncccn3)o2)cc1. The summed E-state index contributed by atoms with van der Waals surface area (Å²) in [6.45, 7) is 4.32. The Hall–Kier alpha value is -3.02. The van der Waals surface area contributed by atoms with Crippen molar-refractivity contribution in [2.45, 2.75) is 32.6 Å². The number of oxazole rings is 1. The van der Waals surface area contributed by atoms with Crippen molar-refractivity contribution in [3.05, 3.63) is 60.4 Å². The van der Waals surface area contributed by atoms with Crippen LogP contribution >= 0.6 is 0 Å². The van der Waals surface area contributed by atoms with Gasteiger partial charge in [0.15, 0.2) is 11.7 Å². The highest BCUT2D eigenvalue weighted by molar-refractivity contribution is 5.88. The number of benzene rings is 1. The Morgan fingerprint density at radius 3 is 2.52 bits per heavy atom. The van der Waals surface area contributed by atoms with Crippen LogP contribution in [0.15, 0.2) is 53.3 Å². The molecule has 25 heavy (non-hydrogen) atoms. The van der Waals surface area contributed by atoms with Crippen LogP contribution in [0.5, 0.6) is 0 Å². The molecule has 128 valence electrons. The molecule has 3 aromatic rings. The van der Waals surface area contributed by atoms with Crippen LogP contribution in [0.3, 0.4) is 0 Å². The fourth-order valence-corrected chi connectivity index (χ4v) is 2.36. The molecule has 0 unspecified atom stereocenters. The number of nitrogens with one attached hydrogen (secondary N) is 1. The molecule has 2 aromatic heterocycles. The molecule has 6 heteroatoms. The second kappa shape index (κ2) is 7.70. The number of aryl methyl sites for hydroxylation is 1. The van der Waals surface area contributed by atoms with E-state index in [9.17, 15) is 4.79 Å². The average Bonchev–Trinajstić information content (AvgIpc) is 3.10. The van der Waals surface area contributed by atoms with E-state index < -0.39 is 0 Å². The second-order valence-electron chi connectivity index (χ2n) is 6.02. The van der Waals surface area contributed by atoms with Crippen molar-refractivity contribution in [2.24, 2.45) is 0 Å². The Balaban J connectivity index is 1.57. The first-order chi connectivity index (χ1) is 12.1. The molecule has 0 saturated heterocycles. The summed E-state index contributed by atoms with van der Waals surface area (Å²) < 4.78 is 5.75. The zero-order valence-corrected chi connectivity index (χ0v) is 14.3. The van der Waals surface area contributed by atoms with Crippen molar-refractivity contribution in [1.82, 2.24) is 15.0 Å². The van der Waals surface area contributed by atoms with Crippen molar-refractivity contribution >= 4 is 11.9 Å². The molecule has 0 saturated carbocycles. The normalized spacial score (nSPS) is 10.8. The van der Waals surface area contributed by atoms with Crippen LogP contribution < -0.4 is 5.32 Å². The molecule has 1 N–H and O–H groups in total. The van der Waals surface area contributed by atoms with Gasteiger partial charge >= 0.3 is 0 Å². The fraction of sp³-hybridized carbons (Fsp3) is 0.263. The standard InChI is InChI=1S/C19H20N4O2/c1-13(2)14-4-6-15(7-5-14)16-12-22-18(25-16)9-8-17(24)23-19-20-10-3-11-21-19/h3-7,10-13H,8-9H2,1-2H3,(H,20,21,23,24). The maximum atomic E-state index is 11.9. The molecule has 0 spiro atoms. The molecule has 0 radical (unpaired) electrons. The van der Waals surface area contributed by atoms with Gasteiger partial charge in [-0.3, -0.25) is 10.1 Å². The Labute approximate surface area is 146 Å². The Morgan fingerprint density at radius 2 is 1.84 bits per heavy atom. The summed E-state index contributed by atoms with van der Waals surface area (Å²) in [5.41, 5.74) is 2.26. The molecular formula is C19H20N4O2. The number of hydrogen-bond acceptors (Lipinski definition) is 5. The van der Waals surface area contributed by atoms with E-state index in [4.69, 9.17) is 4.42 Å². The average molecular weight is 336 g/mol. The number of carbonyl (C=O) groups is 1. The van der Waals surface area contributed by atoms with E-state index in [1.165, 1.54) is 5.56 Å². The molecule has 0 aliphatic heterocycles. The van der Waals surface area contributed by atoms with Crippen LogP contribution in [-0.4, -0.2) is 20.9 Å². The van der Waals surface area contributed by atoms with Gasteiger partial charge in [-0.15, -0.1) is 0 Å². The highest BCUT2D eigenvalue weighted by Crippen LogP contribution is 2.23. The molecule has 0 bridgehead atoms. The van der Waals surface area contributed by atoms with Gasteiger partial charge in [0, 0.05) is 30.8 Å². The summed E-state index contributed by atoms with van der Waals surface area (Å²) >= 11 is 0. The molecule has 0 fully saturated rings. The van der Waals surface area contributed by atoms with Gasteiger partial charge in [0.1, 0.15) is 0 Å². The number of carbonyl (C=O) groups excluding carboxylic acids is 1. The lowest BCUT2D eigenvalue weighted by atomic mass is 10.0. The third kappa shape index (κ3) is 4.50. The number of anilines is 1. The van der Waals surface area contributed by atoms with Crippen molar-refractivity contribution in [2.75, 3.05) is 5.32 Å². The van der Waals surface area contributed by atoms with Crippen LogP contribution in [-0.2, 0) is 11.2 Å². The Kier molecular flexibility index (Phi) is 5.18. The van der Waals surface area contributed by atoms with Gasteiger partial charge in [0.2, 0.25) is 11.9 Å². The third-order valence-corrected chi connectivity index (χ3v) is 3.80. The van der Waals surface area contributed by atoms with E-state index in [1.54, 1.807) is 24.7 Å². The Morgan fingerprint density at radius 1 is 1.12 bits per heavy atom. The van der Waals surface area contributed by atoms with E-state index in [2.05, 4.69) is 46.2 Å². The molecule has 0 aliphatic rings. The first-order valence-corrected chi connectivity index (χ1v) is 8.23. The van der Waals surface area contributed by atoms with Gasteiger partial charge in [-0.1, -0.05) is 38.1 Å². The van der Waals surface area contributed by atoms with Gasteiger partial charge < -0.3 is 4.42 Å². The number of nitrogens with zero attached hydrogens (tertiary/aromatic N) is 3. The number of rotatable bonds is 6. The van der Waals surface area contributed by atoms with E-state index in [0.717, 1.165) is 5.56 Å². The van der Waals surface area contributed by atoms with Crippen molar-refractivity contribution < 1.29 is 9.21 Å². The monoisotopic (exact) mass is 336 g/mol. The first-order valence-electron chi connectivity index (χ1n) is 8.23. The molecule has 2 heterocycles. The summed E-state index contributed by atoms with van der Waals surface area (Å²) in [5, 5.41) is 2.64. The summed E-state index contributed by atoms with van der Waals surface area (Å²) in [4.78, 5) is 24.1. The topological polar surface area (TPSA) is 80.9 Å². The first kappa shape index (κ1) is 16.8. The van der Waals surface area contributed by atoms with Crippen LogP contribution in [0, 0.1) is 0 Å². The largest absolute Gasteiger partial charge is 0.441 e. The van der Waals surface area contributed by atoms with Gasteiger partial charge in [0.25, 0.3) is 0 Å². The zero-order chi connectivity index (χ0) is 17.6. The maximum absolute atomic E-state index is 11.9. The number of aromatic nitrogens is 3. The third-order valence-electron chi connectivity index (χ3n) is 3.80. The van der Waals surface area contributed by atoms with E-state index >= 15 is 0 Å². The minimum atomic E-state index is -0.174. The second-order valence-corrected chi connectivity index (χ2v) is 6.02. The summed E-state index contributed by atoms with van der Waals surface area (Å²) in [6, 6.07) is 9.93. The Bertz CT molecular complexity index is 826. The summed E-state index contributed by atoms with van der Waals surface area (Å²) in [6.07, 6.45) is 5.52. The van der Waals surface area contributed by atoms with Gasteiger partial charge in [-0.2, -0.15) is 0 Å². The predicted molar refractivity (Wildman–Crippen MR) is 95.0 cm³/mol. The highest BCUT2D eigenvalue weighted by atomic mass is 16.4. The lowest BCUT2D eigenvalue weighted by Crippen LogP contribution is -2.14. The minimum Gasteiger partial charge on any atom is -0.441 e. The predicted octanol–water partition coefficient (Wildman–Crippen LogP) is 3.83. The molecule has 0 aliphatic carbocycles. The van der Waals surface area contributed by atoms with Gasteiger partial charge in [-0.05, 0) is 17.5 Å². The van der Waals surface area contributed by atoms with Crippen LogP contribution in [0.2, 0.25) is 0 Å². The van der Waals surface area contributed by atoms with Crippen LogP contribution in [0.1, 0.15) is 37.6 Å². The van der Waals surface area contributed by atoms with Crippen LogP contribution in [0.25, 0.3) is 11.3 Å². The summed E-state index contributed by atoms with van der Waals surface area (Å²) in [7, 11) is 0. The van der Waals surface area contributed by atoms with E-state index in [1.807, 2.05) is 12.1 Å². The molecule has 3 rings (SSSR count). The summed E-state index contributed by atoms with van der Waals surface area (Å²) in [5.74, 6) is 1.86. The molecule has 6 nitrogen and oxygen atoms in total. The van der Waals surface area contributed by atoms with Crippen LogP contribution in [0.4, 0.5) is 5.95 Å². The lowest BCUT2D eigenvalue weighted by Gasteiger charge is -2.05. The van der Waals surface area contributed by atoms with Gasteiger partial charge in [0.05, 0.1) is 6.20 Å². The molecule has 0 atom stereocenters. The van der Waals surface area contributed by atoms with E-state index in [-0.39, 0.29) is 12.3 Å². The van der Waals surface area contributed by atoms with Crippen molar-refractivity contribution in [1.29, 1.82) is 0 Å².